The number of carbonyl (C=O) groups is 1. The van der Waals surface area contributed by atoms with E-state index in [-0.39, 0.29) is 17.8 Å². The molecule has 1 aliphatic carbocycles. The minimum atomic E-state index is -0.281. The van der Waals surface area contributed by atoms with Crippen molar-refractivity contribution in [2.24, 2.45) is 0 Å². The Hall–Kier alpha value is -2.21. The van der Waals surface area contributed by atoms with Gasteiger partial charge in [-0.3, -0.25) is 4.79 Å². The van der Waals surface area contributed by atoms with Gasteiger partial charge in [0.2, 0.25) is 0 Å². The average molecular weight is 369 g/mol. The van der Waals surface area contributed by atoms with Crippen molar-refractivity contribution < 1.29 is 9.18 Å². The molecule has 0 unspecified atom stereocenters. The predicted molar refractivity (Wildman–Crippen MR) is 100 cm³/mol. The van der Waals surface area contributed by atoms with Crippen molar-refractivity contribution in [1.29, 1.82) is 0 Å². The minimum absolute atomic E-state index is 0.0582. The summed E-state index contributed by atoms with van der Waals surface area (Å²) >= 11 is 1.73. The number of aromatic amines is 1. The lowest BCUT2D eigenvalue weighted by atomic mass is 9.95. The predicted octanol–water partition coefficient (Wildman–Crippen LogP) is 4.62. The molecule has 1 aliphatic heterocycles. The number of thiophene rings is 1. The number of nitrogens with zero attached hydrogens (tertiary/aromatic N) is 2. The number of halogens is 1. The van der Waals surface area contributed by atoms with Crippen LogP contribution in [0, 0.1) is 5.82 Å². The fourth-order valence-corrected chi connectivity index (χ4v) is 5.40. The van der Waals surface area contributed by atoms with Crippen LogP contribution in [0.5, 0.6) is 0 Å². The van der Waals surface area contributed by atoms with Crippen molar-refractivity contribution in [3.8, 4) is 0 Å². The van der Waals surface area contributed by atoms with Crippen LogP contribution >= 0.6 is 11.3 Å². The summed E-state index contributed by atoms with van der Waals surface area (Å²) in [5.41, 5.74) is 3.59. The van der Waals surface area contributed by atoms with Crippen LogP contribution in [0.2, 0.25) is 0 Å². The smallest absolute Gasteiger partial charge is 0.255 e. The lowest BCUT2D eigenvalue weighted by Gasteiger charge is -2.24. The molecule has 5 rings (SSSR count). The second-order valence-electron chi connectivity index (χ2n) is 7.20. The maximum Gasteiger partial charge on any atom is 0.255 e. The van der Waals surface area contributed by atoms with Crippen LogP contribution in [-0.4, -0.2) is 27.3 Å². The van der Waals surface area contributed by atoms with Crippen LogP contribution in [-0.2, 0) is 12.8 Å². The molecule has 1 N–H and O–H groups in total. The number of hydrogen-bond acceptors (Lipinski definition) is 3. The Labute approximate surface area is 155 Å². The minimum Gasteiger partial charge on any atom is -0.340 e. The molecule has 1 saturated heterocycles. The molecule has 0 radical (unpaired) electrons. The Balaban J connectivity index is 1.48. The van der Waals surface area contributed by atoms with Crippen LogP contribution in [0.15, 0.2) is 23.6 Å². The monoisotopic (exact) mass is 369 g/mol. The number of amides is 1. The van der Waals surface area contributed by atoms with Crippen molar-refractivity contribution in [3.63, 3.8) is 0 Å². The maximum absolute atomic E-state index is 13.5. The van der Waals surface area contributed by atoms with E-state index in [1.54, 1.807) is 17.4 Å². The largest absolute Gasteiger partial charge is 0.340 e. The van der Waals surface area contributed by atoms with E-state index in [0.29, 0.717) is 5.52 Å². The number of aromatic nitrogens is 2. The number of benzene rings is 1. The molecule has 2 aliphatic rings. The summed E-state index contributed by atoms with van der Waals surface area (Å²) in [4.78, 5) is 24.4. The fraction of sp³-hybridized carbons (Fsp3) is 0.400. The number of likely N-dealkylation sites (tertiary alicyclic amines) is 1. The summed E-state index contributed by atoms with van der Waals surface area (Å²) in [5, 5.41) is 2.04. The molecule has 2 aromatic heterocycles. The molecule has 134 valence electrons. The first kappa shape index (κ1) is 16.0. The number of aryl methyl sites for hydroxylation is 1. The van der Waals surface area contributed by atoms with E-state index in [2.05, 4.69) is 9.97 Å². The zero-order valence-electron chi connectivity index (χ0n) is 14.4. The number of carbonyl (C=O) groups excluding carboxylic acids is 1. The van der Waals surface area contributed by atoms with Gasteiger partial charge < -0.3 is 9.88 Å². The molecule has 1 amide bonds. The highest BCUT2D eigenvalue weighted by molar-refractivity contribution is 7.10. The Kier molecular flexibility index (Phi) is 3.81. The van der Waals surface area contributed by atoms with Crippen molar-refractivity contribution >= 4 is 28.3 Å². The van der Waals surface area contributed by atoms with Gasteiger partial charge in [-0.05, 0) is 62.3 Å². The van der Waals surface area contributed by atoms with Crippen LogP contribution in [0.4, 0.5) is 4.39 Å². The number of H-pyrrole nitrogens is 1. The first-order chi connectivity index (χ1) is 12.7. The molecular formula is C20H20FN3OS. The lowest BCUT2D eigenvalue weighted by Crippen LogP contribution is -2.31. The Morgan fingerprint density at radius 1 is 1.27 bits per heavy atom. The summed E-state index contributed by atoms with van der Waals surface area (Å²) in [6.07, 6.45) is 6.37. The second-order valence-corrected chi connectivity index (χ2v) is 8.16. The van der Waals surface area contributed by atoms with Crippen LogP contribution < -0.4 is 0 Å². The fourth-order valence-electron chi connectivity index (χ4n) is 4.28. The standard InChI is InChI=1S/C20H20FN3OS/c21-12-7-8-15-16(10-12)23-19(22-15)17-5-3-9-24(17)20(25)14-11-26-18-6-2-1-4-13(14)18/h7-8,10-11,17H,1-6,9H2,(H,22,23)/t17-/m0/s1. The first-order valence-electron chi connectivity index (χ1n) is 9.26. The number of imidazole rings is 1. The van der Waals surface area contributed by atoms with Crippen LogP contribution in [0.1, 0.15) is 58.3 Å². The molecule has 1 fully saturated rings. The summed E-state index contributed by atoms with van der Waals surface area (Å²) in [6.45, 7) is 0.750. The van der Waals surface area contributed by atoms with Gasteiger partial charge in [0.25, 0.3) is 5.91 Å². The van der Waals surface area contributed by atoms with E-state index < -0.39 is 0 Å². The number of nitrogens with one attached hydrogen (secondary N) is 1. The molecule has 26 heavy (non-hydrogen) atoms. The zero-order valence-corrected chi connectivity index (χ0v) is 15.2. The van der Waals surface area contributed by atoms with E-state index >= 15 is 0 Å². The lowest BCUT2D eigenvalue weighted by molar-refractivity contribution is 0.0730. The molecule has 1 atom stereocenters. The van der Waals surface area contributed by atoms with Gasteiger partial charge >= 0.3 is 0 Å². The molecule has 4 nitrogen and oxygen atoms in total. The molecular weight excluding hydrogens is 349 g/mol. The summed E-state index contributed by atoms with van der Waals surface area (Å²) < 4.78 is 13.5. The quantitative estimate of drug-likeness (QED) is 0.716. The van der Waals surface area contributed by atoms with Gasteiger partial charge in [0.05, 0.1) is 22.6 Å². The Morgan fingerprint density at radius 3 is 3.08 bits per heavy atom. The molecule has 0 saturated carbocycles. The van der Waals surface area contributed by atoms with Gasteiger partial charge in [0.15, 0.2) is 0 Å². The van der Waals surface area contributed by atoms with E-state index in [4.69, 9.17) is 0 Å². The van der Waals surface area contributed by atoms with Crippen molar-refractivity contribution in [1.82, 2.24) is 14.9 Å². The van der Waals surface area contributed by atoms with Crippen molar-refractivity contribution in [2.75, 3.05) is 6.54 Å². The van der Waals surface area contributed by atoms with Gasteiger partial charge in [-0.25, -0.2) is 9.37 Å². The van der Waals surface area contributed by atoms with Gasteiger partial charge in [-0.2, -0.15) is 0 Å². The van der Waals surface area contributed by atoms with Crippen molar-refractivity contribution in [2.45, 2.75) is 44.6 Å². The molecule has 6 heteroatoms. The molecule has 0 bridgehead atoms. The van der Waals surface area contributed by atoms with E-state index in [0.717, 1.165) is 49.1 Å². The van der Waals surface area contributed by atoms with Gasteiger partial charge in [0.1, 0.15) is 11.6 Å². The van der Waals surface area contributed by atoms with Crippen LogP contribution in [0.25, 0.3) is 11.0 Å². The maximum atomic E-state index is 13.5. The summed E-state index contributed by atoms with van der Waals surface area (Å²) in [6, 6.07) is 4.50. The van der Waals surface area contributed by atoms with Gasteiger partial charge in [0, 0.05) is 16.8 Å². The SMILES string of the molecule is O=C(c1csc2c1CCCC2)N1CCC[C@H]1c1nc2ccc(F)cc2[nH]1. The highest BCUT2D eigenvalue weighted by Gasteiger charge is 2.34. The summed E-state index contributed by atoms with van der Waals surface area (Å²) in [5.74, 6) is 0.607. The van der Waals surface area contributed by atoms with Gasteiger partial charge in [-0.1, -0.05) is 0 Å². The second kappa shape index (κ2) is 6.20. The zero-order chi connectivity index (χ0) is 17.7. The van der Waals surface area contributed by atoms with Crippen LogP contribution in [0.3, 0.4) is 0 Å². The van der Waals surface area contributed by atoms with Gasteiger partial charge in [-0.15, -0.1) is 11.3 Å². The Bertz CT molecular complexity index is 992. The first-order valence-corrected chi connectivity index (χ1v) is 10.1. The van der Waals surface area contributed by atoms with E-state index in [1.807, 2.05) is 10.3 Å². The number of hydrogen-bond donors (Lipinski definition) is 1. The van der Waals surface area contributed by atoms with Crippen molar-refractivity contribution in [3.05, 3.63) is 51.2 Å². The van der Waals surface area contributed by atoms with E-state index in [9.17, 15) is 9.18 Å². The normalized spacial score (nSPS) is 19.9. The summed E-state index contributed by atoms with van der Waals surface area (Å²) in [7, 11) is 0. The third-order valence-electron chi connectivity index (χ3n) is 5.58. The molecule has 1 aromatic carbocycles. The molecule has 3 heterocycles. The highest BCUT2D eigenvalue weighted by atomic mass is 32.1. The third kappa shape index (κ3) is 2.55. The number of rotatable bonds is 2. The molecule has 0 spiro atoms. The topological polar surface area (TPSA) is 49.0 Å². The van der Waals surface area contributed by atoms with E-state index in [1.165, 1.54) is 35.4 Å². The average Bonchev–Trinajstić information content (AvgIpc) is 3.37. The number of fused-ring (bicyclic) bond motifs is 2. The Morgan fingerprint density at radius 2 is 2.15 bits per heavy atom. The highest BCUT2D eigenvalue weighted by Crippen LogP contribution is 2.36. The molecule has 3 aromatic rings. The third-order valence-corrected chi connectivity index (χ3v) is 6.67.